The summed E-state index contributed by atoms with van der Waals surface area (Å²) in [5, 5.41) is 11.2. The first-order valence-corrected chi connectivity index (χ1v) is 7.53. The van der Waals surface area contributed by atoms with Crippen LogP contribution in [0, 0.1) is 0 Å². The van der Waals surface area contributed by atoms with Crippen molar-refractivity contribution in [1.29, 1.82) is 0 Å². The van der Waals surface area contributed by atoms with E-state index in [0.29, 0.717) is 15.1 Å². The number of aliphatic hydroxyl groups is 1. The summed E-state index contributed by atoms with van der Waals surface area (Å²) in [6, 6.07) is 11.0. The van der Waals surface area contributed by atoms with Gasteiger partial charge in [0.25, 0.3) is 0 Å². The molecule has 1 nitrogen and oxygen atoms in total. The number of hydrogen-bond donors (Lipinski definition) is 1. The first-order chi connectivity index (χ1) is 8.97. The Bertz CT molecular complexity index is 599. The summed E-state index contributed by atoms with van der Waals surface area (Å²) in [6.07, 6.45) is -0.526. The van der Waals surface area contributed by atoms with Gasteiger partial charge in [0.1, 0.15) is 0 Å². The molecule has 0 saturated heterocycles. The van der Waals surface area contributed by atoms with Crippen LogP contribution < -0.4 is 0 Å². The molecule has 0 amide bonds. The number of hydrogen-bond acceptors (Lipinski definition) is 2. The average Bonchev–Trinajstić information content (AvgIpc) is 2.36. The van der Waals surface area contributed by atoms with Crippen LogP contribution in [0.4, 0.5) is 0 Å². The fourth-order valence-electron chi connectivity index (χ4n) is 1.53. The van der Waals surface area contributed by atoms with E-state index < -0.39 is 6.10 Å². The van der Waals surface area contributed by atoms with Crippen LogP contribution in [0.3, 0.4) is 0 Å². The lowest BCUT2D eigenvalue weighted by atomic mass is 10.1. The van der Waals surface area contributed by atoms with Gasteiger partial charge in [-0.05, 0) is 42.8 Å². The van der Waals surface area contributed by atoms with Crippen LogP contribution in [0.25, 0.3) is 0 Å². The van der Waals surface area contributed by atoms with E-state index in [1.165, 1.54) is 11.8 Å². The lowest BCUT2D eigenvalue weighted by molar-refractivity contribution is 0.199. The fraction of sp³-hybridized carbons (Fsp3) is 0.143. The molecular formula is C14H11Cl3OS. The molecule has 1 atom stereocenters. The van der Waals surface area contributed by atoms with Gasteiger partial charge < -0.3 is 5.11 Å². The summed E-state index contributed by atoms with van der Waals surface area (Å²) >= 11 is 19.6. The van der Waals surface area contributed by atoms with E-state index >= 15 is 0 Å². The smallest absolute Gasteiger partial charge is 0.0762 e. The lowest BCUT2D eigenvalue weighted by Crippen LogP contribution is -1.90. The first kappa shape index (κ1) is 15.0. The van der Waals surface area contributed by atoms with E-state index in [9.17, 15) is 5.11 Å². The summed E-state index contributed by atoms with van der Waals surface area (Å²) < 4.78 is 0. The monoisotopic (exact) mass is 332 g/mol. The maximum Gasteiger partial charge on any atom is 0.0762 e. The highest BCUT2D eigenvalue weighted by Crippen LogP contribution is 2.37. The normalized spacial score (nSPS) is 12.5. The maximum absolute atomic E-state index is 9.50. The topological polar surface area (TPSA) is 20.2 Å². The van der Waals surface area contributed by atoms with Crippen molar-refractivity contribution in [3.05, 3.63) is 57.0 Å². The van der Waals surface area contributed by atoms with Crippen LogP contribution >= 0.6 is 46.6 Å². The SMILES string of the molecule is CC(O)c1ccc(Sc2ccc(Cl)c(Cl)c2)c(Cl)c1. The molecule has 2 rings (SSSR count). The quantitative estimate of drug-likeness (QED) is 0.760. The van der Waals surface area contributed by atoms with Crippen molar-refractivity contribution in [2.24, 2.45) is 0 Å². The molecule has 0 saturated carbocycles. The van der Waals surface area contributed by atoms with Gasteiger partial charge in [0.05, 0.1) is 21.2 Å². The molecule has 0 aliphatic carbocycles. The zero-order valence-corrected chi connectivity index (χ0v) is 13.1. The lowest BCUT2D eigenvalue weighted by Gasteiger charge is -2.09. The minimum atomic E-state index is -0.526. The van der Waals surface area contributed by atoms with Crippen LogP contribution in [0.15, 0.2) is 46.2 Å². The predicted molar refractivity (Wildman–Crippen MR) is 82.7 cm³/mol. The molecule has 0 bridgehead atoms. The van der Waals surface area contributed by atoms with Crippen molar-refractivity contribution in [2.75, 3.05) is 0 Å². The van der Waals surface area contributed by atoms with Gasteiger partial charge in [0.2, 0.25) is 0 Å². The van der Waals surface area contributed by atoms with E-state index in [1.807, 2.05) is 18.2 Å². The van der Waals surface area contributed by atoms with E-state index in [2.05, 4.69) is 0 Å². The van der Waals surface area contributed by atoms with Gasteiger partial charge in [0.15, 0.2) is 0 Å². The minimum absolute atomic E-state index is 0.517. The largest absolute Gasteiger partial charge is 0.389 e. The van der Waals surface area contributed by atoms with Crippen molar-refractivity contribution in [3.63, 3.8) is 0 Å². The zero-order chi connectivity index (χ0) is 14.0. The number of benzene rings is 2. The molecule has 1 unspecified atom stereocenters. The highest BCUT2D eigenvalue weighted by Gasteiger charge is 2.08. The molecule has 19 heavy (non-hydrogen) atoms. The number of halogens is 3. The molecule has 0 aliphatic heterocycles. The van der Waals surface area contributed by atoms with Crippen molar-refractivity contribution in [1.82, 2.24) is 0 Å². The van der Waals surface area contributed by atoms with Crippen molar-refractivity contribution >= 4 is 46.6 Å². The van der Waals surface area contributed by atoms with Gasteiger partial charge in [-0.2, -0.15) is 0 Å². The van der Waals surface area contributed by atoms with E-state index in [0.717, 1.165) is 15.4 Å². The van der Waals surface area contributed by atoms with Crippen LogP contribution in [0.5, 0.6) is 0 Å². The van der Waals surface area contributed by atoms with Crippen LogP contribution in [-0.2, 0) is 0 Å². The maximum atomic E-state index is 9.50. The van der Waals surface area contributed by atoms with Crippen molar-refractivity contribution < 1.29 is 5.11 Å². The highest BCUT2D eigenvalue weighted by molar-refractivity contribution is 7.99. The summed E-state index contributed by atoms with van der Waals surface area (Å²) in [5.41, 5.74) is 0.795. The number of rotatable bonds is 3. The average molecular weight is 334 g/mol. The van der Waals surface area contributed by atoms with Gasteiger partial charge in [-0.25, -0.2) is 0 Å². The van der Waals surface area contributed by atoms with E-state index in [1.54, 1.807) is 25.1 Å². The van der Waals surface area contributed by atoms with Crippen LogP contribution in [0.2, 0.25) is 15.1 Å². The first-order valence-electron chi connectivity index (χ1n) is 5.58. The van der Waals surface area contributed by atoms with Crippen LogP contribution in [0.1, 0.15) is 18.6 Å². The Morgan fingerprint density at radius 3 is 2.26 bits per heavy atom. The van der Waals surface area contributed by atoms with Crippen LogP contribution in [-0.4, -0.2) is 5.11 Å². The third-order valence-corrected chi connectivity index (χ3v) is 4.79. The Hall–Kier alpha value is -0.380. The predicted octanol–water partition coefficient (Wildman–Crippen LogP) is 5.85. The molecule has 1 N–H and O–H groups in total. The molecule has 2 aromatic carbocycles. The molecule has 0 aromatic heterocycles. The second-order valence-corrected chi connectivity index (χ2v) is 6.38. The molecule has 0 aliphatic rings. The minimum Gasteiger partial charge on any atom is -0.389 e. The van der Waals surface area contributed by atoms with Crippen molar-refractivity contribution in [2.45, 2.75) is 22.8 Å². The molecule has 5 heteroatoms. The van der Waals surface area contributed by atoms with Gasteiger partial charge in [0, 0.05) is 9.79 Å². The van der Waals surface area contributed by atoms with Gasteiger partial charge in [-0.15, -0.1) is 0 Å². The second kappa shape index (κ2) is 6.38. The third-order valence-electron chi connectivity index (χ3n) is 2.56. The summed E-state index contributed by atoms with van der Waals surface area (Å²) in [5.74, 6) is 0. The zero-order valence-electron chi connectivity index (χ0n) is 10.0. The molecule has 2 aromatic rings. The third kappa shape index (κ3) is 3.80. The molecule has 0 fully saturated rings. The Balaban J connectivity index is 2.25. The Labute approximate surface area is 131 Å². The Kier molecular flexibility index (Phi) is 5.04. The Morgan fingerprint density at radius 1 is 0.947 bits per heavy atom. The van der Waals surface area contributed by atoms with E-state index in [-0.39, 0.29) is 0 Å². The molecular weight excluding hydrogens is 323 g/mol. The second-order valence-electron chi connectivity index (χ2n) is 4.04. The molecule has 0 heterocycles. The van der Waals surface area contributed by atoms with Crippen molar-refractivity contribution in [3.8, 4) is 0 Å². The molecule has 100 valence electrons. The van der Waals surface area contributed by atoms with Gasteiger partial charge in [-0.1, -0.05) is 52.6 Å². The summed E-state index contributed by atoms with van der Waals surface area (Å²) in [4.78, 5) is 1.87. The standard InChI is InChI=1S/C14H11Cl3OS/c1-8(18)9-2-5-14(13(17)6-9)19-10-3-4-11(15)12(16)7-10/h2-8,18H,1H3. The Morgan fingerprint density at radius 2 is 1.68 bits per heavy atom. The van der Waals surface area contributed by atoms with Gasteiger partial charge in [-0.3, -0.25) is 0 Å². The highest BCUT2D eigenvalue weighted by atomic mass is 35.5. The number of aliphatic hydroxyl groups excluding tert-OH is 1. The van der Waals surface area contributed by atoms with Gasteiger partial charge >= 0.3 is 0 Å². The molecule has 0 spiro atoms. The summed E-state index contributed by atoms with van der Waals surface area (Å²) in [6.45, 7) is 1.71. The van der Waals surface area contributed by atoms with E-state index in [4.69, 9.17) is 34.8 Å². The summed E-state index contributed by atoms with van der Waals surface area (Å²) in [7, 11) is 0. The molecule has 0 radical (unpaired) electrons. The fourth-order valence-corrected chi connectivity index (χ4v) is 3.05.